The summed E-state index contributed by atoms with van der Waals surface area (Å²) in [5.41, 5.74) is 3.02. The van der Waals surface area contributed by atoms with Gasteiger partial charge in [-0.1, -0.05) is 0 Å². The van der Waals surface area contributed by atoms with Crippen LogP contribution in [0.2, 0.25) is 0 Å². The molecule has 1 aliphatic heterocycles. The zero-order chi connectivity index (χ0) is 25.1. The minimum Gasteiger partial charge on any atom is -0.497 e. The fourth-order valence-electron chi connectivity index (χ4n) is 4.19. The predicted molar refractivity (Wildman–Crippen MR) is 134 cm³/mol. The van der Waals surface area contributed by atoms with Crippen LogP contribution in [-0.2, 0) is 13.6 Å². The summed E-state index contributed by atoms with van der Waals surface area (Å²) < 4.78 is 12.7. The van der Waals surface area contributed by atoms with Crippen molar-refractivity contribution >= 4 is 28.7 Å². The Hall–Kier alpha value is -3.79. The van der Waals surface area contributed by atoms with Crippen molar-refractivity contribution in [2.45, 2.75) is 6.54 Å². The maximum atomic E-state index is 12.8. The summed E-state index contributed by atoms with van der Waals surface area (Å²) in [5.74, 6) is 2.10. The van der Waals surface area contributed by atoms with E-state index in [1.54, 1.807) is 56.3 Å². The molecule has 10 heteroatoms. The van der Waals surface area contributed by atoms with E-state index in [2.05, 4.69) is 14.8 Å². The van der Waals surface area contributed by atoms with Gasteiger partial charge in [0.05, 0.1) is 37.5 Å². The SMILES string of the molecule is COc1ccc(NC(=O)N2CCN(Cc3nc4cc(C(=O)N(C)C)ccc4n3C)CC2)c(OC)c1. The third kappa shape index (κ3) is 5.17. The molecule has 186 valence electrons. The zero-order valence-corrected chi connectivity index (χ0v) is 20.9. The van der Waals surface area contributed by atoms with Crippen LogP contribution in [0.3, 0.4) is 0 Å². The lowest BCUT2D eigenvalue weighted by molar-refractivity contribution is 0.0827. The molecule has 2 heterocycles. The van der Waals surface area contributed by atoms with Crippen molar-refractivity contribution < 1.29 is 19.1 Å². The summed E-state index contributed by atoms with van der Waals surface area (Å²) in [6, 6.07) is 10.8. The van der Waals surface area contributed by atoms with Gasteiger partial charge in [0.25, 0.3) is 5.91 Å². The van der Waals surface area contributed by atoms with Gasteiger partial charge in [-0.15, -0.1) is 0 Å². The molecule has 0 bridgehead atoms. The number of carbonyl (C=O) groups is 2. The Morgan fingerprint density at radius 3 is 2.43 bits per heavy atom. The van der Waals surface area contributed by atoms with E-state index >= 15 is 0 Å². The standard InChI is InChI=1S/C25H32N6O4/c1-28(2)24(32)17-6-9-21-20(14-17)26-23(29(21)3)16-30-10-12-31(13-11-30)25(33)27-19-8-7-18(34-4)15-22(19)35-5/h6-9,14-15H,10-13,16H2,1-5H3,(H,27,33). The van der Waals surface area contributed by atoms with E-state index in [0.717, 1.165) is 29.9 Å². The summed E-state index contributed by atoms with van der Waals surface area (Å²) in [5, 5.41) is 2.94. The molecule has 1 aromatic heterocycles. The molecular weight excluding hydrogens is 448 g/mol. The van der Waals surface area contributed by atoms with Crippen molar-refractivity contribution in [1.29, 1.82) is 0 Å². The molecule has 2 aromatic carbocycles. The molecule has 1 N–H and O–H groups in total. The average molecular weight is 481 g/mol. The number of piperazine rings is 1. The van der Waals surface area contributed by atoms with Crippen molar-refractivity contribution in [2.24, 2.45) is 7.05 Å². The van der Waals surface area contributed by atoms with Gasteiger partial charge in [-0.05, 0) is 30.3 Å². The Kier molecular flexibility index (Phi) is 7.11. The van der Waals surface area contributed by atoms with Crippen LogP contribution < -0.4 is 14.8 Å². The van der Waals surface area contributed by atoms with E-state index in [9.17, 15) is 9.59 Å². The average Bonchev–Trinajstić information content (AvgIpc) is 3.18. The van der Waals surface area contributed by atoms with Gasteiger partial charge in [-0.2, -0.15) is 0 Å². The first-order valence-corrected chi connectivity index (χ1v) is 11.5. The quantitative estimate of drug-likeness (QED) is 0.583. The Bertz CT molecular complexity index is 1230. The van der Waals surface area contributed by atoms with Crippen molar-refractivity contribution in [2.75, 3.05) is 59.8 Å². The first kappa shape index (κ1) is 24.3. The topological polar surface area (TPSA) is 92.2 Å². The summed E-state index contributed by atoms with van der Waals surface area (Å²) >= 11 is 0. The summed E-state index contributed by atoms with van der Waals surface area (Å²) in [7, 11) is 8.62. The third-order valence-electron chi connectivity index (χ3n) is 6.30. The van der Waals surface area contributed by atoms with Gasteiger partial charge in [-0.25, -0.2) is 9.78 Å². The number of aryl methyl sites for hydroxylation is 1. The number of amides is 3. The first-order chi connectivity index (χ1) is 16.8. The van der Waals surface area contributed by atoms with Crippen LogP contribution in [0.5, 0.6) is 11.5 Å². The number of imidazole rings is 1. The normalized spacial score (nSPS) is 14.1. The van der Waals surface area contributed by atoms with E-state index in [4.69, 9.17) is 14.5 Å². The van der Waals surface area contributed by atoms with Crippen molar-refractivity contribution in [3.8, 4) is 11.5 Å². The van der Waals surface area contributed by atoms with Gasteiger partial charge in [0.1, 0.15) is 17.3 Å². The molecule has 0 spiro atoms. The van der Waals surface area contributed by atoms with E-state index in [1.165, 1.54) is 0 Å². The molecule has 3 aromatic rings. The largest absolute Gasteiger partial charge is 0.497 e. The number of fused-ring (bicyclic) bond motifs is 1. The van der Waals surface area contributed by atoms with Crippen LogP contribution in [0, 0.1) is 0 Å². The maximum absolute atomic E-state index is 12.8. The van der Waals surface area contributed by atoms with Crippen molar-refractivity contribution in [3.63, 3.8) is 0 Å². The molecule has 35 heavy (non-hydrogen) atoms. The van der Waals surface area contributed by atoms with E-state index in [-0.39, 0.29) is 11.9 Å². The minimum atomic E-state index is -0.158. The number of ether oxygens (including phenoxy) is 2. The number of rotatable bonds is 6. The second-order valence-corrected chi connectivity index (χ2v) is 8.75. The second kappa shape index (κ2) is 10.2. The third-order valence-corrected chi connectivity index (χ3v) is 6.30. The molecule has 0 unspecified atom stereocenters. The van der Waals surface area contributed by atoms with Crippen LogP contribution in [0.15, 0.2) is 36.4 Å². The minimum absolute atomic E-state index is 0.0410. The molecule has 1 saturated heterocycles. The lowest BCUT2D eigenvalue weighted by Gasteiger charge is -2.34. The van der Waals surface area contributed by atoms with Gasteiger partial charge in [0.15, 0.2) is 0 Å². The summed E-state index contributed by atoms with van der Waals surface area (Å²) in [4.78, 5) is 35.5. The molecule has 0 radical (unpaired) electrons. The molecule has 3 amide bonds. The Morgan fingerprint density at radius 2 is 1.77 bits per heavy atom. The Morgan fingerprint density at radius 1 is 1.03 bits per heavy atom. The monoisotopic (exact) mass is 480 g/mol. The summed E-state index contributed by atoms with van der Waals surface area (Å²) in [6.07, 6.45) is 0. The number of aromatic nitrogens is 2. The molecule has 4 rings (SSSR count). The van der Waals surface area contributed by atoms with Gasteiger partial charge >= 0.3 is 6.03 Å². The highest BCUT2D eigenvalue weighted by atomic mass is 16.5. The van der Waals surface area contributed by atoms with Gasteiger partial charge < -0.3 is 29.2 Å². The number of hydrogen-bond acceptors (Lipinski definition) is 6. The first-order valence-electron chi connectivity index (χ1n) is 11.5. The van der Waals surface area contributed by atoms with Gasteiger partial charge in [0.2, 0.25) is 0 Å². The van der Waals surface area contributed by atoms with E-state index in [0.29, 0.717) is 42.4 Å². The number of methoxy groups -OCH3 is 2. The molecule has 1 fully saturated rings. The highest BCUT2D eigenvalue weighted by molar-refractivity contribution is 5.97. The number of hydrogen-bond donors (Lipinski definition) is 1. The van der Waals surface area contributed by atoms with Crippen molar-refractivity contribution in [3.05, 3.63) is 47.8 Å². The van der Waals surface area contributed by atoms with Crippen LogP contribution in [-0.4, -0.2) is 90.7 Å². The predicted octanol–water partition coefficient (Wildman–Crippen LogP) is 2.64. The van der Waals surface area contributed by atoms with Crippen LogP contribution >= 0.6 is 0 Å². The molecule has 0 saturated carbocycles. The molecule has 0 aliphatic carbocycles. The number of carbonyl (C=O) groups excluding carboxylic acids is 2. The Balaban J connectivity index is 1.37. The maximum Gasteiger partial charge on any atom is 0.322 e. The van der Waals surface area contributed by atoms with Gasteiger partial charge in [-0.3, -0.25) is 9.69 Å². The lowest BCUT2D eigenvalue weighted by atomic mass is 10.2. The van der Waals surface area contributed by atoms with E-state index in [1.807, 2.05) is 25.2 Å². The fraction of sp³-hybridized carbons (Fsp3) is 0.400. The fourth-order valence-corrected chi connectivity index (χ4v) is 4.19. The number of nitrogens with zero attached hydrogens (tertiary/aromatic N) is 5. The van der Waals surface area contributed by atoms with E-state index < -0.39 is 0 Å². The van der Waals surface area contributed by atoms with Crippen LogP contribution in [0.25, 0.3) is 11.0 Å². The lowest BCUT2D eigenvalue weighted by Crippen LogP contribution is -2.49. The number of benzene rings is 2. The number of nitrogens with one attached hydrogen (secondary N) is 1. The molecule has 10 nitrogen and oxygen atoms in total. The second-order valence-electron chi connectivity index (χ2n) is 8.75. The highest BCUT2D eigenvalue weighted by Gasteiger charge is 2.23. The van der Waals surface area contributed by atoms with Crippen LogP contribution in [0.1, 0.15) is 16.2 Å². The van der Waals surface area contributed by atoms with Crippen molar-refractivity contribution in [1.82, 2.24) is 24.3 Å². The zero-order valence-electron chi connectivity index (χ0n) is 20.9. The smallest absolute Gasteiger partial charge is 0.322 e. The van der Waals surface area contributed by atoms with Crippen LogP contribution in [0.4, 0.5) is 10.5 Å². The Labute approximate surface area is 205 Å². The molecule has 1 aliphatic rings. The highest BCUT2D eigenvalue weighted by Crippen LogP contribution is 2.29. The molecular formula is C25H32N6O4. The number of urea groups is 1. The summed E-state index contributed by atoms with van der Waals surface area (Å²) in [6.45, 7) is 3.36. The number of anilines is 1. The van der Waals surface area contributed by atoms with Gasteiger partial charge in [0, 0.05) is 59.0 Å². The molecule has 0 atom stereocenters.